The molecule has 0 saturated carbocycles. The van der Waals surface area contributed by atoms with Gasteiger partial charge in [-0.3, -0.25) is 4.79 Å². The molecule has 0 aromatic rings. The van der Waals surface area contributed by atoms with Crippen LogP contribution < -0.4 is 5.32 Å². The van der Waals surface area contributed by atoms with E-state index < -0.39 is 0 Å². The molecule has 0 unspecified atom stereocenters. The summed E-state index contributed by atoms with van der Waals surface area (Å²) in [4.78, 5) is 13.3. The second kappa shape index (κ2) is 5.81. The first kappa shape index (κ1) is 11.2. The summed E-state index contributed by atoms with van der Waals surface area (Å²) in [7, 11) is 0. The van der Waals surface area contributed by atoms with Gasteiger partial charge in [-0.15, -0.1) is 6.58 Å². The summed E-state index contributed by atoms with van der Waals surface area (Å²) in [6.07, 6.45) is 5.18. The third-order valence-corrected chi connectivity index (χ3v) is 2.64. The first-order valence-corrected chi connectivity index (χ1v) is 5.32. The van der Waals surface area contributed by atoms with Crippen LogP contribution in [0.2, 0.25) is 0 Å². The van der Waals surface area contributed by atoms with E-state index in [0.29, 0.717) is 6.04 Å². The molecule has 0 spiro atoms. The topological polar surface area (TPSA) is 32.3 Å². The van der Waals surface area contributed by atoms with Crippen LogP contribution in [0.1, 0.15) is 26.2 Å². The number of hydrogen-bond acceptors (Lipinski definition) is 2. The van der Waals surface area contributed by atoms with Gasteiger partial charge in [-0.05, 0) is 19.3 Å². The molecule has 1 saturated heterocycles. The molecule has 1 N–H and O–H groups in total. The quantitative estimate of drug-likeness (QED) is 0.684. The van der Waals surface area contributed by atoms with E-state index in [4.69, 9.17) is 0 Å². The molecule has 80 valence electrons. The van der Waals surface area contributed by atoms with Crippen LogP contribution in [0.15, 0.2) is 12.7 Å². The average molecular weight is 196 g/mol. The molecule has 0 bridgehead atoms. The van der Waals surface area contributed by atoms with Gasteiger partial charge in [0.1, 0.15) is 0 Å². The highest BCUT2D eigenvalue weighted by atomic mass is 16.1. The van der Waals surface area contributed by atoms with E-state index in [0.717, 1.165) is 38.9 Å². The van der Waals surface area contributed by atoms with Crippen LogP contribution in [-0.4, -0.2) is 36.5 Å². The molecule has 0 aromatic carbocycles. The summed E-state index contributed by atoms with van der Waals surface area (Å²) >= 11 is 0. The maximum Gasteiger partial charge on any atom is 0.217 e. The molecule has 0 aliphatic carbocycles. The van der Waals surface area contributed by atoms with E-state index >= 15 is 0 Å². The first-order chi connectivity index (χ1) is 6.72. The standard InChI is InChI=1S/C11H20N2O/c1-3-4-7-13-8-5-11(6-9-13)12-10(2)14/h3,11H,1,4-9H2,2H3,(H,12,14). The van der Waals surface area contributed by atoms with Crippen LogP contribution in [0.4, 0.5) is 0 Å². The Morgan fingerprint density at radius 3 is 2.71 bits per heavy atom. The van der Waals surface area contributed by atoms with Crippen molar-refractivity contribution in [1.82, 2.24) is 10.2 Å². The Hall–Kier alpha value is -0.830. The molecule has 1 amide bonds. The second-order valence-corrected chi connectivity index (χ2v) is 3.89. The van der Waals surface area contributed by atoms with Crippen molar-refractivity contribution >= 4 is 5.91 Å². The maximum absolute atomic E-state index is 10.8. The van der Waals surface area contributed by atoms with E-state index in [9.17, 15) is 4.79 Å². The lowest BCUT2D eigenvalue weighted by molar-refractivity contribution is -0.119. The highest BCUT2D eigenvalue weighted by Crippen LogP contribution is 2.10. The molecule has 0 aromatic heterocycles. The molecule has 3 heteroatoms. The summed E-state index contributed by atoms with van der Waals surface area (Å²) in [5, 5.41) is 2.97. The van der Waals surface area contributed by atoms with Crippen LogP contribution in [0.5, 0.6) is 0 Å². The van der Waals surface area contributed by atoms with Crippen molar-refractivity contribution in [3.8, 4) is 0 Å². The van der Waals surface area contributed by atoms with Gasteiger partial charge in [0.2, 0.25) is 5.91 Å². The van der Waals surface area contributed by atoms with Crippen LogP contribution in [0.3, 0.4) is 0 Å². The number of nitrogens with one attached hydrogen (secondary N) is 1. The van der Waals surface area contributed by atoms with Crippen LogP contribution >= 0.6 is 0 Å². The van der Waals surface area contributed by atoms with Crippen molar-refractivity contribution in [2.45, 2.75) is 32.2 Å². The number of hydrogen-bond donors (Lipinski definition) is 1. The summed E-state index contributed by atoms with van der Waals surface area (Å²) in [5.74, 6) is 0.0922. The molecule has 3 nitrogen and oxygen atoms in total. The Morgan fingerprint density at radius 1 is 1.57 bits per heavy atom. The zero-order valence-corrected chi connectivity index (χ0v) is 8.96. The van der Waals surface area contributed by atoms with Crippen molar-refractivity contribution in [2.24, 2.45) is 0 Å². The molecule has 1 heterocycles. The van der Waals surface area contributed by atoms with Gasteiger partial charge in [-0.25, -0.2) is 0 Å². The Balaban J connectivity index is 2.17. The number of carbonyl (C=O) groups is 1. The van der Waals surface area contributed by atoms with Gasteiger partial charge in [-0.1, -0.05) is 6.08 Å². The average Bonchev–Trinajstić information content (AvgIpc) is 2.16. The monoisotopic (exact) mass is 196 g/mol. The van der Waals surface area contributed by atoms with Gasteiger partial charge < -0.3 is 10.2 Å². The number of likely N-dealkylation sites (tertiary alicyclic amines) is 1. The Morgan fingerprint density at radius 2 is 2.21 bits per heavy atom. The molecule has 1 aliphatic heterocycles. The Kier molecular flexibility index (Phi) is 4.66. The van der Waals surface area contributed by atoms with Crippen molar-refractivity contribution in [1.29, 1.82) is 0 Å². The molecule has 0 atom stereocenters. The normalized spacial score (nSPS) is 19.2. The lowest BCUT2D eigenvalue weighted by Crippen LogP contribution is -2.44. The zero-order valence-electron chi connectivity index (χ0n) is 8.96. The molecule has 14 heavy (non-hydrogen) atoms. The van der Waals surface area contributed by atoms with Crippen LogP contribution in [0, 0.1) is 0 Å². The summed E-state index contributed by atoms with van der Waals surface area (Å²) in [6, 6.07) is 0.396. The molecule has 0 radical (unpaired) electrons. The van der Waals surface area contributed by atoms with Gasteiger partial charge in [0.15, 0.2) is 0 Å². The molecular formula is C11H20N2O. The summed E-state index contributed by atoms with van der Waals surface area (Å²) < 4.78 is 0. The minimum absolute atomic E-state index is 0.0922. The van der Waals surface area contributed by atoms with Gasteiger partial charge in [0.05, 0.1) is 0 Å². The van der Waals surface area contributed by atoms with E-state index in [1.807, 2.05) is 6.08 Å². The predicted octanol–water partition coefficient (Wildman–Crippen LogP) is 1.16. The van der Waals surface area contributed by atoms with Crippen LogP contribution in [0.25, 0.3) is 0 Å². The Labute approximate surface area is 86.2 Å². The lowest BCUT2D eigenvalue weighted by atomic mass is 10.0. The Bertz CT molecular complexity index is 195. The van der Waals surface area contributed by atoms with E-state index in [1.54, 1.807) is 6.92 Å². The molecule has 1 aliphatic rings. The molecule has 1 rings (SSSR count). The van der Waals surface area contributed by atoms with E-state index in [-0.39, 0.29) is 5.91 Å². The second-order valence-electron chi connectivity index (χ2n) is 3.89. The smallest absolute Gasteiger partial charge is 0.217 e. The van der Waals surface area contributed by atoms with Crippen LogP contribution in [-0.2, 0) is 4.79 Å². The molecule has 1 fully saturated rings. The van der Waals surface area contributed by atoms with E-state index in [2.05, 4.69) is 16.8 Å². The van der Waals surface area contributed by atoms with Gasteiger partial charge in [-0.2, -0.15) is 0 Å². The fourth-order valence-corrected chi connectivity index (χ4v) is 1.86. The number of piperidine rings is 1. The minimum Gasteiger partial charge on any atom is -0.354 e. The van der Waals surface area contributed by atoms with Crippen molar-refractivity contribution in [3.63, 3.8) is 0 Å². The van der Waals surface area contributed by atoms with E-state index in [1.165, 1.54) is 0 Å². The number of rotatable bonds is 4. The number of amides is 1. The zero-order chi connectivity index (χ0) is 10.4. The predicted molar refractivity (Wildman–Crippen MR) is 58.1 cm³/mol. The lowest BCUT2D eigenvalue weighted by Gasteiger charge is -2.31. The third kappa shape index (κ3) is 3.92. The van der Waals surface area contributed by atoms with Crippen molar-refractivity contribution in [2.75, 3.05) is 19.6 Å². The number of nitrogens with zero attached hydrogens (tertiary/aromatic N) is 1. The van der Waals surface area contributed by atoms with Gasteiger partial charge in [0, 0.05) is 32.6 Å². The molecular weight excluding hydrogens is 176 g/mol. The largest absolute Gasteiger partial charge is 0.354 e. The highest BCUT2D eigenvalue weighted by molar-refractivity contribution is 5.73. The van der Waals surface area contributed by atoms with Gasteiger partial charge in [0.25, 0.3) is 0 Å². The van der Waals surface area contributed by atoms with Crippen molar-refractivity contribution in [3.05, 3.63) is 12.7 Å². The van der Waals surface area contributed by atoms with Crippen molar-refractivity contribution < 1.29 is 4.79 Å². The maximum atomic E-state index is 10.8. The number of carbonyl (C=O) groups excluding carboxylic acids is 1. The SMILES string of the molecule is C=CCCN1CCC(NC(C)=O)CC1. The fraction of sp³-hybridized carbons (Fsp3) is 0.727. The third-order valence-electron chi connectivity index (χ3n) is 2.64. The minimum atomic E-state index is 0.0922. The fourth-order valence-electron chi connectivity index (χ4n) is 1.86. The highest BCUT2D eigenvalue weighted by Gasteiger charge is 2.18. The summed E-state index contributed by atoms with van der Waals surface area (Å²) in [6.45, 7) is 8.60. The summed E-state index contributed by atoms with van der Waals surface area (Å²) in [5.41, 5.74) is 0. The van der Waals surface area contributed by atoms with Gasteiger partial charge >= 0.3 is 0 Å². The first-order valence-electron chi connectivity index (χ1n) is 5.32.